The first-order chi connectivity index (χ1) is 14.5. The van der Waals surface area contributed by atoms with Crippen LogP contribution in [0.5, 0.6) is 5.75 Å². The first kappa shape index (κ1) is 20.9. The quantitative estimate of drug-likeness (QED) is 0.645. The van der Waals surface area contributed by atoms with Crippen LogP contribution in [0.4, 0.5) is 0 Å². The predicted molar refractivity (Wildman–Crippen MR) is 114 cm³/mol. The van der Waals surface area contributed by atoms with Gasteiger partial charge < -0.3 is 20.3 Å². The number of amidine groups is 1. The largest absolute Gasteiger partial charge is 0.496 e. The van der Waals surface area contributed by atoms with Crippen LogP contribution >= 0.6 is 0 Å². The second-order valence-corrected chi connectivity index (χ2v) is 6.71. The third-order valence-electron chi connectivity index (χ3n) is 4.94. The van der Waals surface area contributed by atoms with Crippen LogP contribution in [0.3, 0.4) is 0 Å². The van der Waals surface area contributed by atoms with E-state index in [1.807, 2.05) is 43.5 Å². The number of hydrogen-bond donors (Lipinski definition) is 2. The smallest absolute Gasteiger partial charge is 0.290 e. The van der Waals surface area contributed by atoms with Gasteiger partial charge in [-0.2, -0.15) is 0 Å². The van der Waals surface area contributed by atoms with Crippen molar-refractivity contribution in [2.24, 2.45) is 10.7 Å². The number of methoxy groups -OCH3 is 1. The van der Waals surface area contributed by atoms with E-state index in [0.29, 0.717) is 6.61 Å². The highest BCUT2D eigenvalue weighted by Gasteiger charge is 2.40. The minimum absolute atomic E-state index is 0.204. The lowest BCUT2D eigenvalue weighted by atomic mass is 9.82. The number of benzene rings is 2. The number of ether oxygens (including phenoxy) is 2. The first-order valence-electron chi connectivity index (χ1n) is 9.26. The zero-order valence-corrected chi connectivity index (χ0v) is 16.8. The van der Waals surface area contributed by atoms with E-state index in [4.69, 9.17) is 30.1 Å². The van der Waals surface area contributed by atoms with Crippen molar-refractivity contribution in [1.82, 2.24) is 4.98 Å². The SMILES string of the molecule is COc1ccc(C2(c3cccc(-c4cccnc4)c3)COC(N)=N2)cc1C.O=CO. The maximum atomic E-state index is 8.36. The van der Waals surface area contributed by atoms with Crippen molar-refractivity contribution in [3.8, 4) is 16.9 Å². The lowest BCUT2D eigenvalue weighted by molar-refractivity contribution is -0.122. The molecule has 154 valence electrons. The molecule has 30 heavy (non-hydrogen) atoms. The molecule has 0 fully saturated rings. The maximum Gasteiger partial charge on any atom is 0.290 e. The van der Waals surface area contributed by atoms with Gasteiger partial charge in [0.15, 0.2) is 5.54 Å². The molecule has 0 spiro atoms. The van der Waals surface area contributed by atoms with Gasteiger partial charge in [0.25, 0.3) is 12.5 Å². The van der Waals surface area contributed by atoms with E-state index in [9.17, 15) is 0 Å². The van der Waals surface area contributed by atoms with Crippen molar-refractivity contribution in [2.75, 3.05) is 13.7 Å². The van der Waals surface area contributed by atoms with Gasteiger partial charge in [0.1, 0.15) is 12.4 Å². The zero-order chi connectivity index (χ0) is 21.6. The predicted octanol–water partition coefficient (Wildman–Crippen LogP) is 3.35. The average molecular weight is 405 g/mol. The van der Waals surface area contributed by atoms with Gasteiger partial charge in [-0.15, -0.1) is 0 Å². The van der Waals surface area contributed by atoms with Gasteiger partial charge in [0.2, 0.25) is 0 Å². The number of nitrogens with zero attached hydrogens (tertiary/aromatic N) is 2. The molecule has 1 unspecified atom stereocenters. The Balaban J connectivity index is 0.000000806. The Kier molecular flexibility index (Phi) is 6.32. The number of hydrogen-bond acceptors (Lipinski definition) is 6. The summed E-state index contributed by atoms with van der Waals surface area (Å²) in [5.41, 5.74) is 10.4. The Bertz CT molecular complexity index is 1050. The molecule has 3 N–H and O–H groups in total. The van der Waals surface area contributed by atoms with Crippen LogP contribution in [-0.2, 0) is 15.1 Å². The lowest BCUT2D eigenvalue weighted by Gasteiger charge is -2.26. The van der Waals surface area contributed by atoms with E-state index in [0.717, 1.165) is 33.6 Å². The van der Waals surface area contributed by atoms with Crippen LogP contribution < -0.4 is 10.5 Å². The molecule has 0 amide bonds. The highest BCUT2D eigenvalue weighted by Crippen LogP contribution is 2.40. The molecule has 2 heterocycles. The number of aliphatic imine (C=N–C) groups is 1. The summed E-state index contributed by atoms with van der Waals surface area (Å²) in [5, 5.41) is 6.89. The minimum atomic E-state index is -0.681. The van der Waals surface area contributed by atoms with Crippen LogP contribution in [0.2, 0.25) is 0 Å². The third-order valence-corrected chi connectivity index (χ3v) is 4.94. The molecule has 2 aromatic carbocycles. The fourth-order valence-corrected chi connectivity index (χ4v) is 3.52. The minimum Gasteiger partial charge on any atom is -0.496 e. The number of aromatic nitrogens is 1. The molecule has 1 aromatic heterocycles. The number of pyridine rings is 1. The van der Waals surface area contributed by atoms with Crippen molar-refractivity contribution in [1.29, 1.82) is 0 Å². The molecule has 1 aliphatic heterocycles. The van der Waals surface area contributed by atoms with Gasteiger partial charge in [-0.25, -0.2) is 4.99 Å². The standard InChI is InChI=1S/C22H21N3O2.CH2O2/c1-15-11-19(8-9-20(15)26-2)22(14-27-21(23)25-22)18-7-3-5-16(12-18)17-6-4-10-24-13-17;2-1-3/h3-13H,14H2,1-2H3,(H2,23,25);1H,(H,2,3). The number of carbonyl (C=O) groups is 1. The summed E-state index contributed by atoms with van der Waals surface area (Å²) >= 11 is 0. The number of rotatable bonds is 4. The molecular formula is C23H23N3O4. The van der Waals surface area contributed by atoms with Gasteiger partial charge in [-0.1, -0.05) is 30.3 Å². The number of aryl methyl sites for hydroxylation is 1. The number of carboxylic acid groups (broad SMARTS) is 1. The van der Waals surface area contributed by atoms with Crippen molar-refractivity contribution >= 4 is 12.5 Å². The molecule has 0 saturated heterocycles. The molecule has 0 bridgehead atoms. The topological polar surface area (TPSA) is 107 Å². The molecule has 0 radical (unpaired) electrons. The maximum absolute atomic E-state index is 8.36. The molecule has 0 saturated carbocycles. The molecule has 1 atom stereocenters. The summed E-state index contributed by atoms with van der Waals surface area (Å²) in [6.45, 7) is 2.13. The summed E-state index contributed by atoms with van der Waals surface area (Å²) in [4.78, 5) is 17.3. The van der Waals surface area contributed by atoms with Crippen LogP contribution in [0.15, 0.2) is 72.0 Å². The highest BCUT2D eigenvalue weighted by molar-refractivity contribution is 5.76. The fourth-order valence-electron chi connectivity index (χ4n) is 3.52. The van der Waals surface area contributed by atoms with Crippen molar-refractivity contribution in [3.63, 3.8) is 0 Å². The van der Waals surface area contributed by atoms with Crippen LogP contribution in [0.1, 0.15) is 16.7 Å². The molecule has 7 heteroatoms. The van der Waals surface area contributed by atoms with E-state index >= 15 is 0 Å². The normalized spacial score (nSPS) is 17.2. The van der Waals surface area contributed by atoms with Crippen LogP contribution in [0, 0.1) is 6.92 Å². The molecule has 0 aliphatic carbocycles. The van der Waals surface area contributed by atoms with Crippen LogP contribution in [0.25, 0.3) is 11.1 Å². The Labute approximate surface area is 174 Å². The van der Waals surface area contributed by atoms with Crippen molar-refractivity contribution < 1.29 is 19.4 Å². The fraction of sp³-hybridized carbons (Fsp3) is 0.174. The van der Waals surface area contributed by atoms with E-state index in [-0.39, 0.29) is 12.5 Å². The summed E-state index contributed by atoms with van der Waals surface area (Å²) < 4.78 is 11.0. The Morgan fingerprint density at radius 3 is 2.47 bits per heavy atom. The Morgan fingerprint density at radius 1 is 1.13 bits per heavy atom. The van der Waals surface area contributed by atoms with Crippen molar-refractivity contribution in [2.45, 2.75) is 12.5 Å². The van der Waals surface area contributed by atoms with Crippen LogP contribution in [-0.4, -0.2) is 36.3 Å². The van der Waals surface area contributed by atoms with E-state index in [1.54, 1.807) is 13.3 Å². The number of nitrogens with two attached hydrogens (primary N) is 1. The first-order valence-corrected chi connectivity index (χ1v) is 9.26. The molecular weight excluding hydrogens is 382 g/mol. The van der Waals surface area contributed by atoms with E-state index in [2.05, 4.69) is 29.2 Å². The lowest BCUT2D eigenvalue weighted by Crippen LogP contribution is -2.27. The van der Waals surface area contributed by atoms with Gasteiger partial charge >= 0.3 is 0 Å². The zero-order valence-electron chi connectivity index (χ0n) is 16.8. The van der Waals surface area contributed by atoms with Crippen molar-refractivity contribution in [3.05, 3.63) is 83.7 Å². The second kappa shape index (κ2) is 9.09. The Hall–Kier alpha value is -3.87. The summed E-state index contributed by atoms with van der Waals surface area (Å²) in [6.07, 6.45) is 3.62. The van der Waals surface area contributed by atoms with Gasteiger partial charge in [-0.3, -0.25) is 9.78 Å². The molecule has 3 aromatic rings. The van der Waals surface area contributed by atoms with Gasteiger partial charge in [0.05, 0.1) is 7.11 Å². The van der Waals surface area contributed by atoms with E-state index in [1.165, 1.54) is 0 Å². The average Bonchev–Trinajstić information content (AvgIpc) is 3.18. The Morgan fingerprint density at radius 2 is 1.87 bits per heavy atom. The summed E-state index contributed by atoms with van der Waals surface area (Å²) in [5.74, 6) is 0.842. The monoisotopic (exact) mass is 405 g/mol. The second-order valence-electron chi connectivity index (χ2n) is 6.71. The summed E-state index contributed by atoms with van der Waals surface area (Å²) in [7, 11) is 1.67. The summed E-state index contributed by atoms with van der Waals surface area (Å²) in [6, 6.07) is 18.5. The van der Waals surface area contributed by atoms with E-state index < -0.39 is 5.54 Å². The molecule has 4 rings (SSSR count). The van der Waals surface area contributed by atoms with Gasteiger partial charge in [-0.05, 0) is 59.0 Å². The molecule has 7 nitrogen and oxygen atoms in total. The van der Waals surface area contributed by atoms with Gasteiger partial charge in [0, 0.05) is 12.4 Å². The highest BCUT2D eigenvalue weighted by atomic mass is 16.5. The third kappa shape index (κ3) is 4.10. The molecule has 1 aliphatic rings.